The number of thiophene rings is 1. The summed E-state index contributed by atoms with van der Waals surface area (Å²) in [6.45, 7) is 3.19. The van der Waals surface area contributed by atoms with Gasteiger partial charge in [0.25, 0.3) is 5.91 Å². The number of amides is 2. The van der Waals surface area contributed by atoms with Crippen molar-refractivity contribution in [1.29, 1.82) is 0 Å². The smallest absolute Gasteiger partial charge is 0.308 e. The first-order valence-corrected chi connectivity index (χ1v) is 9.70. The monoisotopic (exact) mass is 388 g/mol. The Morgan fingerprint density at radius 1 is 1.15 bits per heavy atom. The Balaban J connectivity index is 1.87. The summed E-state index contributed by atoms with van der Waals surface area (Å²) in [6, 6.07) is 10.2. The Labute approximate surface area is 162 Å². The summed E-state index contributed by atoms with van der Waals surface area (Å²) in [6.07, 6.45) is 2.03. The van der Waals surface area contributed by atoms with Gasteiger partial charge in [0.05, 0.1) is 5.92 Å². The van der Waals surface area contributed by atoms with Gasteiger partial charge in [-0.05, 0) is 56.3 Å². The van der Waals surface area contributed by atoms with E-state index >= 15 is 0 Å². The summed E-state index contributed by atoms with van der Waals surface area (Å²) in [5, 5.41) is 16.5. The fourth-order valence-electron chi connectivity index (χ4n) is 2.47. The molecule has 0 spiro atoms. The summed E-state index contributed by atoms with van der Waals surface area (Å²) in [5.41, 5.74) is 0.915. The molecule has 0 saturated heterocycles. The van der Waals surface area contributed by atoms with Crippen LogP contribution >= 0.6 is 11.3 Å². The quantitative estimate of drug-likeness (QED) is 0.612. The molecule has 2 aromatic rings. The van der Waals surface area contributed by atoms with Crippen LogP contribution in [-0.2, 0) is 16.0 Å². The van der Waals surface area contributed by atoms with E-state index in [2.05, 4.69) is 16.7 Å². The third kappa shape index (κ3) is 6.53. The Morgan fingerprint density at radius 2 is 1.93 bits per heavy atom. The van der Waals surface area contributed by atoms with Gasteiger partial charge in [0.2, 0.25) is 5.91 Å². The van der Waals surface area contributed by atoms with Crippen LogP contribution in [0, 0.1) is 5.92 Å². The molecular weight excluding hydrogens is 364 g/mol. The van der Waals surface area contributed by atoms with E-state index in [1.807, 2.05) is 11.4 Å². The highest BCUT2D eigenvalue weighted by atomic mass is 32.1. The van der Waals surface area contributed by atoms with Crippen molar-refractivity contribution < 1.29 is 19.5 Å². The van der Waals surface area contributed by atoms with Crippen molar-refractivity contribution in [3.05, 3.63) is 52.2 Å². The van der Waals surface area contributed by atoms with Crippen molar-refractivity contribution >= 4 is 34.8 Å². The van der Waals surface area contributed by atoms with Gasteiger partial charge in [-0.3, -0.25) is 14.4 Å². The van der Waals surface area contributed by atoms with Gasteiger partial charge in [0.15, 0.2) is 0 Å². The normalized spacial score (nSPS) is 12.8. The molecule has 0 bridgehead atoms. The molecule has 2 amide bonds. The predicted molar refractivity (Wildman–Crippen MR) is 106 cm³/mol. The summed E-state index contributed by atoms with van der Waals surface area (Å²) < 4.78 is 0. The lowest BCUT2D eigenvalue weighted by Gasteiger charge is -2.18. The Bertz CT molecular complexity index is 789. The maximum atomic E-state index is 12.3. The van der Waals surface area contributed by atoms with Crippen LogP contribution in [0.2, 0.25) is 0 Å². The van der Waals surface area contributed by atoms with Crippen LogP contribution in [0.3, 0.4) is 0 Å². The zero-order valence-electron chi connectivity index (χ0n) is 15.4. The average molecular weight is 388 g/mol. The van der Waals surface area contributed by atoms with Gasteiger partial charge in [0.1, 0.15) is 0 Å². The Hall–Kier alpha value is -2.67. The number of hydrogen-bond acceptors (Lipinski definition) is 4. The topological polar surface area (TPSA) is 95.5 Å². The van der Waals surface area contributed by atoms with E-state index in [9.17, 15) is 14.4 Å². The van der Waals surface area contributed by atoms with Crippen molar-refractivity contribution in [2.45, 2.75) is 39.2 Å². The van der Waals surface area contributed by atoms with Gasteiger partial charge in [0, 0.05) is 28.6 Å². The average Bonchev–Trinajstić information content (AvgIpc) is 3.14. The van der Waals surface area contributed by atoms with Crippen LogP contribution in [0.25, 0.3) is 0 Å². The molecule has 1 heterocycles. The van der Waals surface area contributed by atoms with Gasteiger partial charge in [-0.15, -0.1) is 11.3 Å². The summed E-state index contributed by atoms with van der Waals surface area (Å²) in [4.78, 5) is 36.7. The molecule has 2 unspecified atom stereocenters. The second-order valence-corrected chi connectivity index (χ2v) is 7.48. The highest BCUT2D eigenvalue weighted by Gasteiger charge is 2.21. The molecule has 3 N–H and O–H groups in total. The number of carbonyl (C=O) groups is 3. The predicted octanol–water partition coefficient (Wildman–Crippen LogP) is 3.55. The molecule has 7 heteroatoms. The minimum atomic E-state index is -0.966. The third-order valence-corrected chi connectivity index (χ3v) is 5.25. The highest BCUT2D eigenvalue weighted by molar-refractivity contribution is 7.09. The number of aliphatic carboxylic acids is 1. The first-order valence-electron chi connectivity index (χ1n) is 8.83. The molecule has 6 nitrogen and oxygen atoms in total. The van der Waals surface area contributed by atoms with Crippen LogP contribution in [0.15, 0.2) is 41.8 Å². The molecule has 144 valence electrons. The maximum absolute atomic E-state index is 12.3. The van der Waals surface area contributed by atoms with Gasteiger partial charge in [-0.1, -0.05) is 12.1 Å². The van der Waals surface area contributed by atoms with Crippen molar-refractivity contribution in [3.63, 3.8) is 0 Å². The fraction of sp³-hybridized carbons (Fsp3) is 0.350. The zero-order valence-corrected chi connectivity index (χ0v) is 16.2. The molecule has 27 heavy (non-hydrogen) atoms. The molecule has 2 rings (SSSR count). The molecule has 0 aliphatic heterocycles. The minimum Gasteiger partial charge on any atom is -0.481 e. The van der Waals surface area contributed by atoms with Crippen LogP contribution in [0.4, 0.5) is 5.69 Å². The SMILES string of the molecule is CC(NC(=O)c1cccc(NC(=O)CCCc2cccs2)c1)C(C)C(=O)O. The van der Waals surface area contributed by atoms with E-state index < -0.39 is 17.9 Å². The first-order chi connectivity index (χ1) is 12.9. The molecule has 0 radical (unpaired) electrons. The molecule has 0 saturated carbocycles. The number of anilines is 1. The second kappa shape index (κ2) is 9.87. The lowest BCUT2D eigenvalue weighted by atomic mass is 10.0. The van der Waals surface area contributed by atoms with Crippen LogP contribution in [0.5, 0.6) is 0 Å². The van der Waals surface area contributed by atoms with Gasteiger partial charge in [-0.25, -0.2) is 0 Å². The Morgan fingerprint density at radius 3 is 2.59 bits per heavy atom. The molecule has 2 atom stereocenters. The molecule has 1 aromatic carbocycles. The van der Waals surface area contributed by atoms with E-state index in [1.54, 1.807) is 49.4 Å². The number of nitrogens with one attached hydrogen (secondary N) is 2. The van der Waals surface area contributed by atoms with E-state index in [4.69, 9.17) is 5.11 Å². The van der Waals surface area contributed by atoms with Crippen LogP contribution in [0.1, 0.15) is 41.9 Å². The number of hydrogen-bond donors (Lipinski definition) is 3. The first kappa shape index (κ1) is 20.6. The van der Waals surface area contributed by atoms with Crippen molar-refractivity contribution in [1.82, 2.24) is 5.32 Å². The summed E-state index contributed by atoms with van der Waals surface area (Å²) >= 11 is 1.68. The van der Waals surface area contributed by atoms with E-state index in [0.29, 0.717) is 17.7 Å². The van der Waals surface area contributed by atoms with Gasteiger partial charge >= 0.3 is 5.97 Å². The number of rotatable bonds is 9. The Kier molecular flexibility index (Phi) is 7.55. The lowest BCUT2D eigenvalue weighted by molar-refractivity contribution is -0.141. The third-order valence-electron chi connectivity index (χ3n) is 4.31. The highest BCUT2D eigenvalue weighted by Crippen LogP contribution is 2.15. The number of carboxylic acids is 1. The minimum absolute atomic E-state index is 0.100. The van der Waals surface area contributed by atoms with Gasteiger partial charge < -0.3 is 15.7 Å². The maximum Gasteiger partial charge on any atom is 0.308 e. The molecular formula is C20H24N2O4S. The van der Waals surface area contributed by atoms with Crippen LogP contribution in [-0.4, -0.2) is 28.9 Å². The number of aryl methyl sites for hydroxylation is 1. The lowest BCUT2D eigenvalue weighted by Crippen LogP contribution is -2.40. The molecule has 0 aliphatic carbocycles. The van der Waals surface area contributed by atoms with E-state index in [-0.39, 0.29) is 11.8 Å². The number of carboxylic acid groups (broad SMARTS) is 1. The van der Waals surface area contributed by atoms with E-state index in [0.717, 1.165) is 12.8 Å². The van der Waals surface area contributed by atoms with Crippen molar-refractivity contribution in [2.75, 3.05) is 5.32 Å². The standard InChI is InChI=1S/C20H24N2O4S/c1-13(20(25)26)14(2)21-19(24)15-6-3-7-16(12-15)22-18(23)10-4-8-17-9-5-11-27-17/h3,5-7,9,11-14H,4,8,10H2,1-2H3,(H,21,24)(H,22,23)(H,25,26). The second-order valence-electron chi connectivity index (χ2n) is 6.45. The number of benzene rings is 1. The summed E-state index contributed by atoms with van der Waals surface area (Å²) in [7, 11) is 0. The fourth-order valence-corrected chi connectivity index (χ4v) is 3.22. The molecule has 0 fully saturated rings. The van der Waals surface area contributed by atoms with E-state index in [1.165, 1.54) is 4.88 Å². The van der Waals surface area contributed by atoms with Crippen LogP contribution < -0.4 is 10.6 Å². The van der Waals surface area contributed by atoms with Gasteiger partial charge in [-0.2, -0.15) is 0 Å². The van der Waals surface area contributed by atoms with Crippen molar-refractivity contribution in [2.24, 2.45) is 5.92 Å². The molecule has 0 aliphatic rings. The largest absolute Gasteiger partial charge is 0.481 e. The zero-order chi connectivity index (χ0) is 19.8. The molecule has 1 aromatic heterocycles. The van der Waals surface area contributed by atoms with Crippen molar-refractivity contribution in [3.8, 4) is 0 Å². The number of carbonyl (C=O) groups excluding carboxylic acids is 2. The summed E-state index contributed by atoms with van der Waals surface area (Å²) in [5.74, 6) is -2.13.